The summed E-state index contributed by atoms with van der Waals surface area (Å²) in [6, 6.07) is 20.7. The quantitative estimate of drug-likeness (QED) is 0.717. The molecule has 1 amide bonds. The largest absolute Gasteiger partial charge is 0.339 e. The number of amides is 1. The molecule has 3 aromatic rings. The zero-order chi connectivity index (χ0) is 17.6. The molecule has 0 aliphatic rings. The van der Waals surface area contributed by atoms with Crippen LogP contribution in [-0.2, 0) is 0 Å². The molecule has 0 aliphatic carbocycles. The molecule has 5 nitrogen and oxygen atoms in total. The van der Waals surface area contributed by atoms with Gasteiger partial charge in [0, 0.05) is 11.3 Å². The zero-order valence-electron chi connectivity index (χ0n) is 14.2. The molecular weight excluding hydrogens is 312 g/mol. The third-order valence-corrected chi connectivity index (χ3v) is 3.79. The topological polar surface area (TPSA) is 66.9 Å². The Morgan fingerprint density at radius 1 is 0.840 bits per heavy atom. The highest BCUT2D eigenvalue weighted by atomic mass is 16.1. The fourth-order valence-electron chi connectivity index (χ4n) is 2.34. The van der Waals surface area contributed by atoms with Crippen molar-refractivity contribution < 1.29 is 4.79 Å². The number of carbonyl (C=O) groups is 1. The second-order valence-corrected chi connectivity index (χ2v) is 6.03. The van der Waals surface area contributed by atoms with Crippen molar-refractivity contribution in [1.29, 1.82) is 0 Å². The van der Waals surface area contributed by atoms with Gasteiger partial charge in [0.1, 0.15) is 0 Å². The van der Waals surface area contributed by atoms with Crippen LogP contribution in [0.1, 0.15) is 35.7 Å². The number of hydrogen-bond acceptors (Lipinski definition) is 4. The van der Waals surface area contributed by atoms with Gasteiger partial charge in [0.2, 0.25) is 0 Å². The van der Waals surface area contributed by atoms with Gasteiger partial charge in [-0.3, -0.25) is 4.79 Å². The maximum absolute atomic E-state index is 12.1. The van der Waals surface area contributed by atoms with Crippen LogP contribution in [0.3, 0.4) is 0 Å². The van der Waals surface area contributed by atoms with Crippen LogP contribution in [-0.4, -0.2) is 16.1 Å². The molecule has 3 rings (SSSR count). The van der Waals surface area contributed by atoms with E-state index in [2.05, 4.69) is 46.8 Å². The third kappa shape index (κ3) is 4.41. The second kappa shape index (κ2) is 7.57. The first kappa shape index (κ1) is 16.6. The lowest BCUT2D eigenvalue weighted by Crippen LogP contribution is -2.13. The van der Waals surface area contributed by atoms with Crippen LogP contribution < -0.4 is 10.6 Å². The van der Waals surface area contributed by atoms with E-state index in [9.17, 15) is 4.79 Å². The van der Waals surface area contributed by atoms with Crippen molar-refractivity contribution in [3.05, 3.63) is 77.9 Å². The number of aromatic nitrogens is 2. The Morgan fingerprint density at radius 3 is 2.08 bits per heavy atom. The fourth-order valence-corrected chi connectivity index (χ4v) is 2.34. The smallest absolute Gasteiger partial charge is 0.256 e. The maximum atomic E-state index is 12.1. The van der Waals surface area contributed by atoms with Crippen molar-refractivity contribution in [1.82, 2.24) is 10.2 Å². The van der Waals surface area contributed by atoms with Crippen LogP contribution in [0.25, 0.3) is 0 Å². The monoisotopic (exact) mass is 332 g/mol. The van der Waals surface area contributed by atoms with Crippen LogP contribution in [0, 0.1) is 0 Å². The summed E-state index contributed by atoms with van der Waals surface area (Å²) in [5.41, 5.74) is 2.81. The van der Waals surface area contributed by atoms with E-state index in [1.807, 2.05) is 30.3 Å². The summed E-state index contributed by atoms with van der Waals surface area (Å²) in [6.45, 7) is 4.33. The Balaban J connectivity index is 1.63. The maximum Gasteiger partial charge on any atom is 0.256 e. The molecule has 0 unspecified atom stereocenters. The molecule has 2 N–H and O–H groups in total. The van der Waals surface area contributed by atoms with Crippen molar-refractivity contribution in [3.63, 3.8) is 0 Å². The SMILES string of the molecule is CC(C)c1ccc(Nc2ccc(NC(=O)c3ccccc3)nn2)cc1. The minimum atomic E-state index is -0.208. The predicted molar refractivity (Wildman–Crippen MR) is 100 cm³/mol. The summed E-state index contributed by atoms with van der Waals surface area (Å²) in [4.78, 5) is 12.1. The normalized spacial score (nSPS) is 10.5. The van der Waals surface area contributed by atoms with Gasteiger partial charge in [0.15, 0.2) is 11.6 Å². The molecule has 0 bridgehead atoms. The number of nitrogens with one attached hydrogen (secondary N) is 2. The van der Waals surface area contributed by atoms with Gasteiger partial charge in [-0.1, -0.05) is 44.2 Å². The molecule has 2 aromatic carbocycles. The molecule has 0 radical (unpaired) electrons. The highest BCUT2D eigenvalue weighted by Crippen LogP contribution is 2.19. The molecule has 25 heavy (non-hydrogen) atoms. The molecule has 0 saturated carbocycles. The highest BCUT2D eigenvalue weighted by Gasteiger charge is 2.06. The Bertz CT molecular complexity index is 828. The Labute approximate surface area is 147 Å². The average molecular weight is 332 g/mol. The minimum Gasteiger partial charge on any atom is -0.339 e. The van der Waals surface area contributed by atoms with Gasteiger partial charge in [-0.2, -0.15) is 0 Å². The Kier molecular flexibility index (Phi) is 5.04. The lowest BCUT2D eigenvalue weighted by Gasteiger charge is -2.09. The Morgan fingerprint density at radius 2 is 1.48 bits per heavy atom. The van der Waals surface area contributed by atoms with E-state index in [0.717, 1.165) is 5.69 Å². The summed E-state index contributed by atoms with van der Waals surface area (Å²) < 4.78 is 0. The van der Waals surface area contributed by atoms with E-state index in [1.165, 1.54) is 5.56 Å². The number of hydrogen-bond donors (Lipinski definition) is 2. The molecular formula is C20H20N4O. The van der Waals surface area contributed by atoms with Gasteiger partial charge < -0.3 is 10.6 Å². The first-order valence-electron chi connectivity index (χ1n) is 8.19. The lowest BCUT2D eigenvalue weighted by molar-refractivity contribution is 0.102. The van der Waals surface area contributed by atoms with Gasteiger partial charge in [0.05, 0.1) is 0 Å². The van der Waals surface area contributed by atoms with Crippen LogP contribution in [0.5, 0.6) is 0 Å². The van der Waals surface area contributed by atoms with Gasteiger partial charge in [0.25, 0.3) is 5.91 Å². The van der Waals surface area contributed by atoms with Crippen molar-refractivity contribution in [3.8, 4) is 0 Å². The standard InChI is InChI=1S/C20H20N4O/c1-14(2)15-8-10-17(11-9-15)21-18-12-13-19(24-23-18)22-20(25)16-6-4-3-5-7-16/h3-14H,1-2H3,(H,21,23)(H,22,24,25). The predicted octanol–water partition coefficient (Wildman–Crippen LogP) is 4.60. The molecule has 5 heteroatoms. The average Bonchev–Trinajstić information content (AvgIpc) is 2.64. The van der Waals surface area contributed by atoms with Crippen molar-refractivity contribution in [2.45, 2.75) is 19.8 Å². The molecule has 126 valence electrons. The van der Waals surface area contributed by atoms with Gasteiger partial charge in [-0.25, -0.2) is 0 Å². The number of anilines is 3. The molecule has 0 saturated heterocycles. The van der Waals surface area contributed by atoms with Crippen LogP contribution in [0.15, 0.2) is 66.7 Å². The highest BCUT2D eigenvalue weighted by molar-refractivity contribution is 6.03. The summed E-state index contributed by atoms with van der Waals surface area (Å²) in [5, 5.41) is 14.1. The number of carbonyl (C=O) groups excluding carboxylic acids is 1. The van der Waals surface area contributed by atoms with Crippen molar-refractivity contribution in [2.24, 2.45) is 0 Å². The summed E-state index contributed by atoms with van der Waals surface area (Å²) in [6.07, 6.45) is 0. The van der Waals surface area contributed by atoms with Gasteiger partial charge >= 0.3 is 0 Å². The minimum absolute atomic E-state index is 0.208. The first-order valence-corrected chi connectivity index (χ1v) is 8.19. The third-order valence-electron chi connectivity index (χ3n) is 3.79. The van der Waals surface area contributed by atoms with E-state index in [4.69, 9.17) is 0 Å². The summed E-state index contributed by atoms with van der Waals surface area (Å²) in [5.74, 6) is 1.32. The van der Waals surface area contributed by atoms with Crippen LogP contribution in [0.2, 0.25) is 0 Å². The molecule has 0 atom stereocenters. The van der Waals surface area contributed by atoms with Crippen LogP contribution >= 0.6 is 0 Å². The van der Waals surface area contributed by atoms with E-state index in [0.29, 0.717) is 23.1 Å². The van der Waals surface area contributed by atoms with E-state index >= 15 is 0 Å². The lowest BCUT2D eigenvalue weighted by atomic mass is 10.0. The van der Waals surface area contributed by atoms with Crippen LogP contribution in [0.4, 0.5) is 17.3 Å². The molecule has 0 spiro atoms. The molecule has 0 fully saturated rings. The number of nitrogens with zero attached hydrogens (tertiary/aromatic N) is 2. The van der Waals surface area contributed by atoms with Crippen molar-refractivity contribution in [2.75, 3.05) is 10.6 Å². The van der Waals surface area contributed by atoms with E-state index < -0.39 is 0 Å². The number of rotatable bonds is 5. The molecule has 1 aromatic heterocycles. The van der Waals surface area contributed by atoms with E-state index in [-0.39, 0.29) is 5.91 Å². The first-order chi connectivity index (χ1) is 12.1. The molecule has 0 aliphatic heterocycles. The summed E-state index contributed by atoms with van der Waals surface area (Å²) >= 11 is 0. The second-order valence-electron chi connectivity index (χ2n) is 6.03. The number of benzene rings is 2. The zero-order valence-corrected chi connectivity index (χ0v) is 14.2. The van der Waals surface area contributed by atoms with E-state index in [1.54, 1.807) is 24.3 Å². The molecule has 1 heterocycles. The van der Waals surface area contributed by atoms with Gasteiger partial charge in [-0.15, -0.1) is 10.2 Å². The van der Waals surface area contributed by atoms with Crippen molar-refractivity contribution >= 4 is 23.2 Å². The van der Waals surface area contributed by atoms with Gasteiger partial charge in [-0.05, 0) is 47.9 Å². The Hall–Kier alpha value is -3.21. The fraction of sp³-hybridized carbons (Fsp3) is 0.150. The summed E-state index contributed by atoms with van der Waals surface area (Å²) in [7, 11) is 0.